The molecule has 0 spiro atoms. The molecule has 0 unspecified atom stereocenters. The first-order chi connectivity index (χ1) is 9.91. The van der Waals surface area contributed by atoms with E-state index in [0.29, 0.717) is 11.1 Å². The lowest BCUT2D eigenvalue weighted by atomic mass is 9.98. The fourth-order valence-corrected chi connectivity index (χ4v) is 2.68. The molecule has 4 heteroatoms. The van der Waals surface area contributed by atoms with E-state index in [4.69, 9.17) is 0 Å². The standard InChI is InChI=1S/C17H16N2O2/c1-8-7-18-15-12(9(8)2)5-6-13-10(3)11(4)14(17(20)21)19-16(13)15/h5-7H,1-4H3,(H,20,21). The Morgan fingerprint density at radius 3 is 2.19 bits per heavy atom. The topological polar surface area (TPSA) is 63.1 Å². The zero-order valence-electron chi connectivity index (χ0n) is 12.5. The van der Waals surface area contributed by atoms with Crippen molar-refractivity contribution in [2.45, 2.75) is 27.7 Å². The summed E-state index contributed by atoms with van der Waals surface area (Å²) in [5, 5.41) is 11.3. The van der Waals surface area contributed by atoms with Crippen LogP contribution in [-0.2, 0) is 0 Å². The maximum absolute atomic E-state index is 11.4. The van der Waals surface area contributed by atoms with Crippen molar-refractivity contribution in [3.05, 3.63) is 46.3 Å². The van der Waals surface area contributed by atoms with Gasteiger partial charge < -0.3 is 5.11 Å². The number of benzene rings is 1. The minimum Gasteiger partial charge on any atom is -0.477 e. The number of pyridine rings is 2. The molecule has 2 aromatic heterocycles. The number of hydrogen-bond acceptors (Lipinski definition) is 3. The van der Waals surface area contributed by atoms with E-state index in [9.17, 15) is 9.90 Å². The maximum atomic E-state index is 11.4. The highest BCUT2D eigenvalue weighted by Gasteiger charge is 2.16. The van der Waals surface area contributed by atoms with Crippen LogP contribution in [0, 0.1) is 27.7 Å². The smallest absolute Gasteiger partial charge is 0.354 e. The predicted octanol–water partition coefficient (Wildman–Crippen LogP) is 3.71. The van der Waals surface area contributed by atoms with E-state index >= 15 is 0 Å². The molecule has 0 fully saturated rings. The van der Waals surface area contributed by atoms with Crippen LogP contribution in [0.3, 0.4) is 0 Å². The van der Waals surface area contributed by atoms with Crippen molar-refractivity contribution in [3.63, 3.8) is 0 Å². The first-order valence-corrected chi connectivity index (χ1v) is 6.81. The summed E-state index contributed by atoms with van der Waals surface area (Å²) in [6.45, 7) is 7.79. The summed E-state index contributed by atoms with van der Waals surface area (Å²) < 4.78 is 0. The predicted molar refractivity (Wildman–Crippen MR) is 83.0 cm³/mol. The van der Waals surface area contributed by atoms with Crippen molar-refractivity contribution in [1.29, 1.82) is 0 Å². The van der Waals surface area contributed by atoms with Crippen LogP contribution in [0.4, 0.5) is 0 Å². The molecule has 0 aliphatic rings. The fourth-order valence-electron chi connectivity index (χ4n) is 2.68. The van der Waals surface area contributed by atoms with Gasteiger partial charge in [0.1, 0.15) is 0 Å². The van der Waals surface area contributed by atoms with Gasteiger partial charge in [-0.15, -0.1) is 0 Å². The molecule has 106 valence electrons. The average molecular weight is 280 g/mol. The van der Waals surface area contributed by atoms with Crippen LogP contribution in [0.2, 0.25) is 0 Å². The van der Waals surface area contributed by atoms with Gasteiger partial charge in [-0.2, -0.15) is 0 Å². The normalized spacial score (nSPS) is 11.2. The third-order valence-electron chi connectivity index (χ3n) is 4.28. The number of aromatic nitrogens is 2. The number of hydrogen-bond donors (Lipinski definition) is 1. The number of carbonyl (C=O) groups is 1. The van der Waals surface area contributed by atoms with Gasteiger partial charge >= 0.3 is 5.97 Å². The van der Waals surface area contributed by atoms with Crippen LogP contribution in [0.1, 0.15) is 32.7 Å². The third-order valence-corrected chi connectivity index (χ3v) is 4.28. The Balaban J connectivity index is 2.56. The van der Waals surface area contributed by atoms with Gasteiger partial charge in [0.15, 0.2) is 5.69 Å². The highest BCUT2D eigenvalue weighted by atomic mass is 16.4. The minimum atomic E-state index is -1.00. The Hall–Kier alpha value is -2.49. The van der Waals surface area contributed by atoms with Crippen LogP contribution >= 0.6 is 0 Å². The molecule has 21 heavy (non-hydrogen) atoms. The fraction of sp³-hybridized carbons (Fsp3) is 0.235. The van der Waals surface area contributed by atoms with Crippen LogP contribution in [-0.4, -0.2) is 21.0 Å². The Labute approximate surface area is 122 Å². The Morgan fingerprint density at radius 2 is 1.57 bits per heavy atom. The van der Waals surface area contributed by atoms with Gasteiger partial charge in [-0.3, -0.25) is 4.98 Å². The van der Waals surface area contributed by atoms with Crippen LogP contribution < -0.4 is 0 Å². The van der Waals surface area contributed by atoms with Crippen LogP contribution in [0.5, 0.6) is 0 Å². The molecule has 0 atom stereocenters. The Kier molecular flexibility index (Phi) is 2.90. The molecule has 0 aliphatic carbocycles. The first-order valence-electron chi connectivity index (χ1n) is 6.81. The third kappa shape index (κ3) is 1.87. The van der Waals surface area contributed by atoms with E-state index in [1.807, 2.05) is 39.1 Å². The van der Waals surface area contributed by atoms with Gasteiger partial charge in [-0.05, 0) is 49.9 Å². The second-order valence-electron chi connectivity index (χ2n) is 5.44. The molecular weight excluding hydrogens is 264 g/mol. The monoisotopic (exact) mass is 280 g/mol. The Morgan fingerprint density at radius 1 is 0.952 bits per heavy atom. The summed E-state index contributed by atoms with van der Waals surface area (Å²) >= 11 is 0. The summed E-state index contributed by atoms with van der Waals surface area (Å²) in [6.07, 6.45) is 1.81. The summed E-state index contributed by atoms with van der Waals surface area (Å²) in [5.41, 5.74) is 5.45. The zero-order chi connectivity index (χ0) is 15.3. The molecule has 0 aliphatic heterocycles. The molecule has 0 bridgehead atoms. The molecule has 4 nitrogen and oxygen atoms in total. The van der Waals surface area contributed by atoms with Gasteiger partial charge in [0.25, 0.3) is 0 Å². The number of nitrogens with zero attached hydrogens (tertiary/aromatic N) is 2. The van der Waals surface area contributed by atoms with Gasteiger partial charge in [0.2, 0.25) is 0 Å². The molecule has 0 radical (unpaired) electrons. The van der Waals surface area contributed by atoms with E-state index in [1.54, 1.807) is 6.92 Å². The summed E-state index contributed by atoms with van der Waals surface area (Å²) in [5.74, 6) is -1.00. The lowest BCUT2D eigenvalue weighted by Gasteiger charge is -2.12. The molecule has 3 aromatic rings. The molecule has 0 saturated carbocycles. The quantitative estimate of drug-likeness (QED) is 0.690. The van der Waals surface area contributed by atoms with Gasteiger partial charge in [-0.25, -0.2) is 9.78 Å². The summed E-state index contributed by atoms with van der Waals surface area (Å²) in [7, 11) is 0. The number of carboxylic acid groups (broad SMARTS) is 1. The largest absolute Gasteiger partial charge is 0.477 e. The van der Waals surface area contributed by atoms with Crippen molar-refractivity contribution in [2.24, 2.45) is 0 Å². The van der Waals surface area contributed by atoms with E-state index in [-0.39, 0.29) is 5.69 Å². The van der Waals surface area contributed by atoms with E-state index in [1.165, 1.54) is 0 Å². The average Bonchev–Trinajstić information content (AvgIpc) is 2.45. The number of fused-ring (bicyclic) bond motifs is 3. The molecule has 1 aromatic carbocycles. The zero-order valence-corrected chi connectivity index (χ0v) is 12.5. The number of carboxylic acids is 1. The van der Waals surface area contributed by atoms with Gasteiger partial charge in [0.05, 0.1) is 11.0 Å². The summed E-state index contributed by atoms with van der Waals surface area (Å²) in [6, 6.07) is 4.05. The molecule has 3 rings (SSSR count). The highest BCUT2D eigenvalue weighted by Crippen LogP contribution is 2.30. The molecule has 2 heterocycles. The van der Waals surface area contributed by atoms with Crippen molar-refractivity contribution >= 4 is 27.8 Å². The van der Waals surface area contributed by atoms with Crippen molar-refractivity contribution in [2.75, 3.05) is 0 Å². The van der Waals surface area contributed by atoms with Gasteiger partial charge in [-0.1, -0.05) is 12.1 Å². The molecule has 0 amide bonds. The van der Waals surface area contributed by atoms with Crippen molar-refractivity contribution in [1.82, 2.24) is 9.97 Å². The van der Waals surface area contributed by atoms with E-state index in [0.717, 1.165) is 33.0 Å². The highest BCUT2D eigenvalue weighted by molar-refractivity contribution is 6.07. The van der Waals surface area contributed by atoms with Crippen molar-refractivity contribution < 1.29 is 9.90 Å². The second kappa shape index (κ2) is 4.52. The SMILES string of the molecule is Cc1cnc2c(ccc3c(C)c(C)c(C(=O)O)nc32)c1C. The number of rotatable bonds is 1. The summed E-state index contributed by atoms with van der Waals surface area (Å²) in [4.78, 5) is 20.2. The first kappa shape index (κ1) is 13.5. The number of aryl methyl sites for hydroxylation is 3. The van der Waals surface area contributed by atoms with Crippen LogP contribution in [0.25, 0.3) is 21.8 Å². The van der Waals surface area contributed by atoms with E-state index in [2.05, 4.69) is 9.97 Å². The maximum Gasteiger partial charge on any atom is 0.354 e. The number of aromatic carboxylic acids is 1. The lowest BCUT2D eigenvalue weighted by molar-refractivity contribution is 0.0690. The molecule has 1 N–H and O–H groups in total. The minimum absolute atomic E-state index is 0.104. The van der Waals surface area contributed by atoms with E-state index < -0.39 is 5.97 Å². The second-order valence-corrected chi connectivity index (χ2v) is 5.44. The Bertz CT molecular complexity index is 914. The molecular formula is C17H16N2O2. The molecule has 0 saturated heterocycles. The van der Waals surface area contributed by atoms with Crippen LogP contribution in [0.15, 0.2) is 18.3 Å². The van der Waals surface area contributed by atoms with Gasteiger partial charge in [0, 0.05) is 17.0 Å². The van der Waals surface area contributed by atoms with Crippen molar-refractivity contribution in [3.8, 4) is 0 Å². The lowest BCUT2D eigenvalue weighted by Crippen LogP contribution is -2.06.